The summed E-state index contributed by atoms with van der Waals surface area (Å²) in [7, 11) is 0. The first-order valence-electron chi connectivity index (χ1n) is 8.04. The summed E-state index contributed by atoms with van der Waals surface area (Å²) in [5, 5.41) is 12.8. The number of ether oxygens (including phenoxy) is 1. The van der Waals surface area contributed by atoms with Gasteiger partial charge in [0.2, 0.25) is 0 Å². The Kier molecular flexibility index (Phi) is 5.14. The molecule has 1 aliphatic rings. The van der Waals surface area contributed by atoms with Crippen molar-refractivity contribution in [3.8, 4) is 5.75 Å². The highest BCUT2D eigenvalue weighted by Crippen LogP contribution is 2.23. The molecule has 0 unspecified atom stereocenters. The second kappa shape index (κ2) is 6.74. The fraction of sp³-hybridized carbons (Fsp3) is 0.647. The van der Waals surface area contributed by atoms with E-state index in [9.17, 15) is 9.90 Å². The van der Waals surface area contributed by atoms with Crippen LogP contribution in [0.1, 0.15) is 46.2 Å². The number of hydrogen-bond donors (Lipinski definition) is 2. The molecule has 1 aliphatic heterocycles. The first-order valence-corrected chi connectivity index (χ1v) is 8.04. The van der Waals surface area contributed by atoms with Crippen LogP contribution in [-0.2, 0) is 11.3 Å². The number of piperidine rings is 1. The lowest BCUT2D eigenvalue weighted by Gasteiger charge is -2.40. The second-order valence-corrected chi connectivity index (χ2v) is 7.39. The summed E-state index contributed by atoms with van der Waals surface area (Å²) in [5.74, 6) is 0.172. The molecular weight excluding hydrogens is 294 g/mol. The van der Waals surface area contributed by atoms with Gasteiger partial charge in [0.15, 0.2) is 0 Å². The van der Waals surface area contributed by atoms with E-state index < -0.39 is 5.60 Å². The Morgan fingerprint density at radius 3 is 2.57 bits per heavy atom. The van der Waals surface area contributed by atoms with Gasteiger partial charge in [-0.25, -0.2) is 4.79 Å². The molecule has 6 heteroatoms. The third-order valence-electron chi connectivity index (χ3n) is 4.02. The van der Waals surface area contributed by atoms with Gasteiger partial charge in [0.05, 0.1) is 11.9 Å². The van der Waals surface area contributed by atoms with Gasteiger partial charge in [0.1, 0.15) is 11.4 Å². The zero-order valence-corrected chi connectivity index (χ0v) is 14.4. The molecule has 0 aromatic carbocycles. The smallest absolute Gasteiger partial charge is 0.410 e. The lowest BCUT2D eigenvalue weighted by molar-refractivity contribution is 0.0156. The number of carbonyl (C=O) groups excluding carboxylic acids is 1. The van der Waals surface area contributed by atoms with Gasteiger partial charge in [0, 0.05) is 25.2 Å². The quantitative estimate of drug-likeness (QED) is 0.895. The minimum atomic E-state index is -0.458. The zero-order chi connectivity index (χ0) is 17.1. The maximum absolute atomic E-state index is 12.1. The van der Waals surface area contributed by atoms with E-state index in [0.29, 0.717) is 19.6 Å². The van der Waals surface area contributed by atoms with E-state index in [0.717, 1.165) is 18.5 Å². The van der Waals surface area contributed by atoms with Crippen LogP contribution in [-0.4, -0.2) is 45.3 Å². The minimum Gasteiger partial charge on any atom is -0.506 e. The highest BCUT2D eigenvalue weighted by atomic mass is 16.6. The number of aromatic nitrogens is 1. The molecule has 0 aliphatic carbocycles. The van der Waals surface area contributed by atoms with Gasteiger partial charge < -0.3 is 20.1 Å². The van der Waals surface area contributed by atoms with Gasteiger partial charge in [-0.05, 0) is 52.7 Å². The van der Waals surface area contributed by atoms with Crippen LogP contribution in [0.3, 0.4) is 0 Å². The summed E-state index contributed by atoms with van der Waals surface area (Å²) in [6.45, 7) is 9.81. The minimum absolute atomic E-state index is 0.0297. The average Bonchev–Trinajstić information content (AvgIpc) is 2.46. The third kappa shape index (κ3) is 5.39. The lowest BCUT2D eigenvalue weighted by atomic mass is 9.89. The number of aromatic hydroxyl groups is 1. The third-order valence-corrected chi connectivity index (χ3v) is 4.02. The number of nitrogens with one attached hydrogen (secondary N) is 1. The van der Waals surface area contributed by atoms with Crippen LogP contribution in [0.4, 0.5) is 4.79 Å². The Bertz CT molecular complexity index is 529. The number of nitrogens with zero attached hydrogens (tertiary/aromatic N) is 2. The molecule has 1 aromatic heterocycles. The molecule has 2 heterocycles. The summed E-state index contributed by atoms with van der Waals surface area (Å²) in [5.41, 5.74) is 0.400. The Balaban J connectivity index is 1.82. The molecule has 1 amide bonds. The molecule has 1 saturated heterocycles. The summed E-state index contributed by atoms with van der Waals surface area (Å²) in [4.78, 5) is 18.0. The van der Waals surface area contributed by atoms with Crippen LogP contribution in [0, 0.1) is 0 Å². The molecule has 1 aromatic rings. The van der Waals surface area contributed by atoms with E-state index in [2.05, 4.69) is 17.2 Å². The standard InChI is InChI=1S/C17H27N3O3/c1-16(2,3)23-15(22)20-9-7-17(4,8-10-20)19-11-13-5-6-14(21)12-18-13/h5-6,12,19,21H,7-11H2,1-4H3. The van der Waals surface area contributed by atoms with Crippen molar-refractivity contribution in [2.24, 2.45) is 0 Å². The fourth-order valence-corrected chi connectivity index (χ4v) is 2.51. The van der Waals surface area contributed by atoms with Gasteiger partial charge in [-0.3, -0.25) is 4.98 Å². The van der Waals surface area contributed by atoms with Crippen molar-refractivity contribution in [1.29, 1.82) is 0 Å². The molecule has 23 heavy (non-hydrogen) atoms. The predicted octanol–water partition coefficient (Wildman–Crippen LogP) is 2.67. The van der Waals surface area contributed by atoms with E-state index in [-0.39, 0.29) is 17.4 Å². The largest absolute Gasteiger partial charge is 0.506 e. The van der Waals surface area contributed by atoms with Crippen molar-refractivity contribution in [3.63, 3.8) is 0 Å². The van der Waals surface area contributed by atoms with E-state index in [1.165, 1.54) is 6.20 Å². The fourth-order valence-electron chi connectivity index (χ4n) is 2.51. The maximum atomic E-state index is 12.1. The van der Waals surface area contributed by atoms with Crippen molar-refractivity contribution in [2.75, 3.05) is 13.1 Å². The van der Waals surface area contributed by atoms with Crippen molar-refractivity contribution in [3.05, 3.63) is 24.0 Å². The van der Waals surface area contributed by atoms with Crippen LogP contribution in [0.15, 0.2) is 18.3 Å². The van der Waals surface area contributed by atoms with Gasteiger partial charge in [0.25, 0.3) is 0 Å². The Labute approximate surface area is 137 Å². The lowest BCUT2D eigenvalue weighted by Crippen LogP contribution is -2.53. The van der Waals surface area contributed by atoms with Gasteiger partial charge in [-0.2, -0.15) is 0 Å². The molecule has 0 atom stereocenters. The number of likely N-dealkylation sites (tertiary alicyclic amines) is 1. The molecule has 2 N–H and O–H groups in total. The summed E-state index contributed by atoms with van der Waals surface area (Å²) in [6.07, 6.45) is 2.94. The highest BCUT2D eigenvalue weighted by molar-refractivity contribution is 5.68. The molecule has 1 fully saturated rings. The van der Waals surface area contributed by atoms with E-state index >= 15 is 0 Å². The highest BCUT2D eigenvalue weighted by Gasteiger charge is 2.33. The predicted molar refractivity (Wildman–Crippen MR) is 88.2 cm³/mol. The van der Waals surface area contributed by atoms with Crippen LogP contribution in [0.5, 0.6) is 5.75 Å². The summed E-state index contributed by atoms with van der Waals surface area (Å²) >= 11 is 0. The maximum Gasteiger partial charge on any atom is 0.410 e. The Morgan fingerprint density at radius 2 is 2.04 bits per heavy atom. The summed E-state index contributed by atoms with van der Waals surface area (Å²) < 4.78 is 5.42. The number of rotatable bonds is 3. The van der Waals surface area contributed by atoms with Crippen LogP contribution in [0.25, 0.3) is 0 Å². The van der Waals surface area contributed by atoms with Gasteiger partial charge >= 0.3 is 6.09 Å². The van der Waals surface area contributed by atoms with Crippen molar-refractivity contribution in [2.45, 2.75) is 58.2 Å². The molecule has 0 radical (unpaired) electrons. The average molecular weight is 321 g/mol. The van der Waals surface area contributed by atoms with E-state index in [1.807, 2.05) is 26.8 Å². The molecule has 0 saturated carbocycles. The topological polar surface area (TPSA) is 74.7 Å². The molecule has 2 rings (SSSR count). The molecular formula is C17H27N3O3. The normalized spacial score (nSPS) is 17.8. The monoisotopic (exact) mass is 321 g/mol. The first-order chi connectivity index (χ1) is 10.7. The van der Waals surface area contributed by atoms with Crippen LogP contribution in [0.2, 0.25) is 0 Å². The van der Waals surface area contributed by atoms with Crippen molar-refractivity contribution < 1.29 is 14.6 Å². The molecule has 6 nitrogen and oxygen atoms in total. The zero-order valence-electron chi connectivity index (χ0n) is 14.4. The van der Waals surface area contributed by atoms with E-state index in [4.69, 9.17) is 4.74 Å². The van der Waals surface area contributed by atoms with Crippen LogP contribution >= 0.6 is 0 Å². The van der Waals surface area contributed by atoms with Gasteiger partial charge in [-0.1, -0.05) is 0 Å². The number of hydrogen-bond acceptors (Lipinski definition) is 5. The van der Waals surface area contributed by atoms with Crippen molar-refractivity contribution in [1.82, 2.24) is 15.2 Å². The summed E-state index contributed by atoms with van der Waals surface area (Å²) in [6, 6.07) is 3.44. The van der Waals surface area contributed by atoms with Crippen molar-refractivity contribution >= 4 is 6.09 Å². The van der Waals surface area contributed by atoms with Crippen LogP contribution < -0.4 is 5.32 Å². The molecule has 0 spiro atoms. The Morgan fingerprint density at radius 1 is 1.39 bits per heavy atom. The number of carbonyl (C=O) groups is 1. The SMILES string of the molecule is CC1(NCc2ccc(O)cn2)CCN(C(=O)OC(C)(C)C)CC1. The number of pyridine rings is 1. The second-order valence-electron chi connectivity index (χ2n) is 7.39. The molecule has 0 bridgehead atoms. The van der Waals surface area contributed by atoms with E-state index in [1.54, 1.807) is 11.0 Å². The first kappa shape index (κ1) is 17.5. The number of amides is 1. The Hall–Kier alpha value is -1.82. The molecule has 128 valence electrons. The van der Waals surface area contributed by atoms with Gasteiger partial charge in [-0.15, -0.1) is 0 Å².